The van der Waals surface area contributed by atoms with E-state index in [-0.39, 0.29) is 17.5 Å². The van der Waals surface area contributed by atoms with Gasteiger partial charge in [0.25, 0.3) is 5.91 Å². The molecule has 0 radical (unpaired) electrons. The van der Waals surface area contributed by atoms with Crippen molar-refractivity contribution in [2.75, 3.05) is 25.5 Å². The van der Waals surface area contributed by atoms with Crippen LogP contribution in [0.3, 0.4) is 0 Å². The highest BCUT2D eigenvalue weighted by molar-refractivity contribution is 5.97. The fourth-order valence-corrected chi connectivity index (χ4v) is 1.79. The van der Waals surface area contributed by atoms with Gasteiger partial charge in [0.2, 0.25) is 0 Å². The average Bonchev–Trinajstić information content (AvgIpc) is 2.79. The predicted octanol–water partition coefficient (Wildman–Crippen LogP) is 2.05. The van der Waals surface area contributed by atoms with E-state index in [4.69, 9.17) is 10.5 Å². The highest BCUT2D eigenvalue weighted by atomic mass is 16.5. The standard InChI is InChI=1S/C14H26N4O2/c1-4-5-8-20-9-6-7-16-14(19)13-11(15)12(10(2)3)17-18-13/h10H,4-9,15H2,1-3H3,(H,16,19)(H,17,18). The molecule has 0 aliphatic heterocycles. The van der Waals surface area contributed by atoms with E-state index in [0.717, 1.165) is 31.6 Å². The van der Waals surface area contributed by atoms with Crippen molar-refractivity contribution in [3.8, 4) is 0 Å². The number of carbonyl (C=O) groups is 1. The van der Waals surface area contributed by atoms with Gasteiger partial charge in [0, 0.05) is 19.8 Å². The summed E-state index contributed by atoms with van der Waals surface area (Å²) in [6.07, 6.45) is 3.00. The van der Waals surface area contributed by atoms with Gasteiger partial charge in [0.1, 0.15) is 0 Å². The molecule has 0 bridgehead atoms. The van der Waals surface area contributed by atoms with Gasteiger partial charge < -0.3 is 15.8 Å². The summed E-state index contributed by atoms with van der Waals surface area (Å²) in [6, 6.07) is 0. The van der Waals surface area contributed by atoms with Crippen LogP contribution in [0, 0.1) is 0 Å². The Bertz CT molecular complexity index is 415. The molecule has 1 heterocycles. The Labute approximate surface area is 120 Å². The maximum Gasteiger partial charge on any atom is 0.273 e. The minimum atomic E-state index is -0.237. The molecule has 6 nitrogen and oxygen atoms in total. The zero-order valence-corrected chi connectivity index (χ0v) is 12.7. The first-order chi connectivity index (χ1) is 9.57. The Morgan fingerprint density at radius 2 is 2.10 bits per heavy atom. The highest BCUT2D eigenvalue weighted by Gasteiger charge is 2.18. The van der Waals surface area contributed by atoms with E-state index in [1.165, 1.54) is 0 Å². The Balaban J connectivity index is 2.29. The first-order valence-corrected chi connectivity index (χ1v) is 7.27. The first-order valence-electron chi connectivity index (χ1n) is 7.27. The molecule has 0 aliphatic rings. The van der Waals surface area contributed by atoms with Crippen molar-refractivity contribution in [2.45, 2.75) is 46.0 Å². The van der Waals surface area contributed by atoms with E-state index < -0.39 is 0 Å². The average molecular weight is 282 g/mol. The predicted molar refractivity (Wildman–Crippen MR) is 79.8 cm³/mol. The molecule has 0 aromatic carbocycles. The van der Waals surface area contributed by atoms with Crippen LogP contribution in [0.2, 0.25) is 0 Å². The molecular weight excluding hydrogens is 256 g/mol. The van der Waals surface area contributed by atoms with Crippen molar-refractivity contribution in [3.63, 3.8) is 0 Å². The monoisotopic (exact) mass is 282 g/mol. The minimum absolute atomic E-state index is 0.219. The number of hydrogen-bond acceptors (Lipinski definition) is 4. The summed E-state index contributed by atoms with van der Waals surface area (Å²) >= 11 is 0. The molecule has 6 heteroatoms. The summed E-state index contributed by atoms with van der Waals surface area (Å²) in [5.74, 6) is -0.0183. The van der Waals surface area contributed by atoms with E-state index in [0.29, 0.717) is 18.8 Å². The van der Waals surface area contributed by atoms with Crippen LogP contribution in [0.25, 0.3) is 0 Å². The summed E-state index contributed by atoms with van der Waals surface area (Å²) in [4.78, 5) is 11.9. The fraction of sp³-hybridized carbons (Fsp3) is 0.714. The van der Waals surface area contributed by atoms with Crippen molar-refractivity contribution in [2.24, 2.45) is 0 Å². The summed E-state index contributed by atoms with van der Waals surface area (Å²) in [6.45, 7) is 8.14. The molecule has 0 saturated carbocycles. The highest BCUT2D eigenvalue weighted by Crippen LogP contribution is 2.21. The normalized spacial score (nSPS) is 11.0. The van der Waals surface area contributed by atoms with Crippen LogP contribution in [0.5, 0.6) is 0 Å². The number of H-pyrrole nitrogens is 1. The molecule has 20 heavy (non-hydrogen) atoms. The number of nitrogens with two attached hydrogens (primary N) is 1. The van der Waals surface area contributed by atoms with Crippen LogP contribution in [0.15, 0.2) is 0 Å². The second-order valence-electron chi connectivity index (χ2n) is 5.13. The van der Waals surface area contributed by atoms with E-state index in [2.05, 4.69) is 22.4 Å². The Morgan fingerprint density at radius 3 is 2.70 bits per heavy atom. The number of amides is 1. The van der Waals surface area contributed by atoms with Gasteiger partial charge in [0.05, 0.1) is 11.4 Å². The topological polar surface area (TPSA) is 93.0 Å². The maximum absolute atomic E-state index is 11.9. The Hall–Kier alpha value is -1.56. The lowest BCUT2D eigenvalue weighted by molar-refractivity contribution is 0.0936. The summed E-state index contributed by atoms with van der Waals surface area (Å²) < 4.78 is 5.42. The van der Waals surface area contributed by atoms with Crippen LogP contribution >= 0.6 is 0 Å². The van der Waals surface area contributed by atoms with E-state index in [9.17, 15) is 4.79 Å². The van der Waals surface area contributed by atoms with Crippen molar-refractivity contribution < 1.29 is 9.53 Å². The van der Waals surface area contributed by atoms with Gasteiger partial charge in [-0.2, -0.15) is 5.10 Å². The van der Waals surface area contributed by atoms with Gasteiger partial charge in [-0.05, 0) is 18.8 Å². The fourth-order valence-electron chi connectivity index (χ4n) is 1.79. The van der Waals surface area contributed by atoms with Crippen LogP contribution in [0.1, 0.15) is 62.1 Å². The third-order valence-electron chi connectivity index (χ3n) is 3.02. The van der Waals surface area contributed by atoms with E-state index in [1.807, 2.05) is 13.8 Å². The molecular formula is C14H26N4O2. The van der Waals surface area contributed by atoms with Gasteiger partial charge in [-0.3, -0.25) is 9.89 Å². The number of nitrogen functional groups attached to an aromatic ring is 1. The van der Waals surface area contributed by atoms with Crippen molar-refractivity contribution in [3.05, 3.63) is 11.4 Å². The van der Waals surface area contributed by atoms with Gasteiger partial charge in [-0.25, -0.2) is 0 Å². The molecule has 1 aromatic heterocycles. The van der Waals surface area contributed by atoms with Crippen LogP contribution < -0.4 is 11.1 Å². The van der Waals surface area contributed by atoms with Gasteiger partial charge >= 0.3 is 0 Å². The molecule has 0 aliphatic carbocycles. The number of aromatic nitrogens is 2. The minimum Gasteiger partial charge on any atom is -0.395 e. The van der Waals surface area contributed by atoms with Gasteiger partial charge in [-0.1, -0.05) is 27.2 Å². The molecule has 0 fully saturated rings. The van der Waals surface area contributed by atoms with E-state index in [1.54, 1.807) is 0 Å². The van der Waals surface area contributed by atoms with Crippen molar-refractivity contribution in [1.29, 1.82) is 0 Å². The Morgan fingerprint density at radius 1 is 1.40 bits per heavy atom. The quantitative estimate of drug-likeness (QED) is 0.604. The lowest BCUT2D eigenvalue weighted by Gasteiger charge is -2.06. The molecule has 0 unspecified atom stereocenters. The van der Waals surface area contributed by atoms with Gasteiger partial charge in [0.15, 0.2) is 5.69 Å². The van der Waals surface area contributed by atoms with Crippen LogP contribution in [-0.2, 0) is 4.74 Å². The molecule has 4 N–H and O–H groups in total. The second-order valence-corrected chi connectivity index (χ2v) is 5.13. The van der Waals surface area contributed by atoms with Crippen LogP contribution in [-0.4, -0.2) is 35.9 Å². The number of anilines is 1. The number of aromatic amines is 1. The van der Waals surface area contributed by atoms with Gasteiger partial charge in [-0.15, -0.1) is 0 Å². The number of nitrogens with one attached hydrogen (secondary N) is 2. The summed E-state index contributed by atoms with van der Waals surface area (Å²) in [5.41, 5.74) is 7.43. The molecule has 0 spiro atoms. The number of ether oxygens (including phenoxy) is 1. The molecule has 0 atom stereocenters. The number of carbonyl (C=O) groups excluding carboxylic acids is 1. The number of nitrogens with zero attached hydrogens (tertiary/aromatic N) is 1. The lowest BCUT2D eigenvalue weighted by atomic mass is 10.1. The first kappa shape index (κ1) is 16.5. The van der Waals surface area contributed by atoms with E-state index >= 15 is 0 Å². The molecule has 1 rings (SSSR count). The zero-order valence-electron chi connectivity index (χ0n) is 12.7. The summed E-state index contributed by atoms with van der Waals surface area (Å²) in [5, 5.41) is 9.60. The smallest absolute Gasteiger partial charge is 0.273 e. The molecule has 1 amide bonds. The molecule has 1 aromatic rings. The SMILES string of the molecule is CCCCOCCCNC(=O)c1n[nH]c(C(C)C)c1N. The number of hydrogen-bond donors (Lipinski definition) is 3. The maximum atomic E-state index is 11.9. The van der Waals surface area contributed by atoms with Crippen LogP contribution in [0.4, 0.5) is 5.69 Å². The number of unbranched alkanes of at least 4 members (excludes halogenated alkanes) is 1. The third-order valence-corrected chi connectivity index (χ3v) is 3.02. The Kier molecular flexibility index (Phi) is 7.08. The molecule has 114 valence electrons. The van der Waals surface area contributed by atoms with Crippen molar-refractivity contribution in [1.82, 2.24) is 15.5 Å². The summed E-state index contributed by atoms with van der Waals surface area (Å²) in [7, 11) is 0. The second kappa shape index (κ2) is 8.58. The largest absolute Gasteiger partial charge is 0.395 e. The lowest BCUT2D eigenvalue weighted by Crippen LogP contribution is -2.26. The van der Waals surface area contributed by atoms with Crippen molar-refractivity contribution >= 4 is 11.6 Å². The molecule has 0 saturated heterocycles. The zero-order chi connectivity index (χ0) is 15.0. The number of rotatable bonds is 9. The third kappa shape index (κ3) is 4.85.